The van der Waals surface area contributed by atoms with Crippen molar-refractivity contribution in [2.24, 2.45) is 0 Å². The van der Waals surface area contributed by atoms with Crippen molar-refractivity contribution in [3.63, 3.8) is 0 Å². The molecule has 0 saturated carbocycles. The molecule has 5 heteroatoms. The van der Waals surface area contributed by atoms with Gasteiger partial charge in [-0.25, -0.2) is 0 Å². The maximum absolute atomic E-state index is 12.2. The van der Waals surface area contributed by atoms with E-state index in [0.717, 1.165) is 36.0 Å². The van der Waals surface area contributed by atoms with Gasteiger partial charge >= 0.3 is 0 Å². The van der Waals surface area contributed by atoms with E-state index in [0.29, 0.717) is 0 Å². The molecule has 1 unspecified atom stereocenters. The second-order valence-corrected chi connectivity index (χ2v) is 4.99. The zero-order valence-corrected chi connectivity index (χ0v) is 10.3. The van der Waals surface area contributed by atoms with Gasteiger partial charge in [-0.3, -0.25) is 9.89 Å². The first kappa shape index (κ1) is 11.2. The van der Waals surface area contributed by atoms with Gasteiger partial charge in [-0.2, -0.15) is 5.10 Å². The molecule has 1 amide bonds. The fourth-order valence-corrected chi connectivity index (χ4v) is 2.38. The van der Waals surface area contributed by atoms with Gasteiger partial charge in [0.2, 0.25) is 5.91 Å². The lowest BCUT2D eigenvalue weighted by Crippen LogP contribution is -2.47. The second-order valence-electron chi connectivity index (χ2n) is 4.99. The highest BCUT2D eigenvalue weighted by Gasteiger charge is 2.35. The van der Waals surface area contributed by atoms with Crippen molar-refractivity contribution in [3.05, 3.63) is 24.4 Å². The lowest BCUT2D eigenvalue weighted by atomic mass is 9.99. The monoisotopic (exact) mass is 244 g/mol. The normalized spacial score (nSPS) is 23.4. The topological polar surface area (TPSA) is 69.8 Å². The highest BCUT2D eigenvalue weighted by molar-refractivity contribution is 5.99. The minimum absolute atomic E-state index is 0.0304. The summed E-state index contributed by atoms with van der Waals surface area (Å²) in [6.07, 6.45) is 3.68. The van der Waals surface area contributed by atoms with Crippen molar-refractivity contribution in [2.45, 2.75) is 25.3 Å². The van der Waals surface area contributed by atoms with Crippen LogP contribution in [0.5, 0.6) is 0 Å². The summed E-state index contributed by atoms with van der Waals surface area (Å²) in [7, 11) is 0. The van der Waals surface area contributed by atoms with E-state index < -0.39 is 5.54 Å². The maximum Gasteiger partial charge on any atom is 0.244 e. The number of carbonyl (C=O) groups excluding carboxylic acids is 1. The molecule has 1 saturated heterocycles. The summed E-state index contributed by atoms with van der Waals surface area (Å²) in [6, 6.07) is 5.73. The zero-order chi connectivity index (χ0) is 12.6. The number of nitrogens with zero attached hydrogens (tertiary/aromatic N) is 1. The van der Waals surface area contributed by atoms with Crippen molar-refractivity contribution in [2.75, 3.05) is 11.9 Å². The number of benzene rings is 1. The van der Waals surface area contributed by atoms with Gasteiger partial charge in [0.25, 0.3) is 0 Å². The zero-order valence-electron chi connectivity index (χ0n) is 10.3. The third kappa shape index (κ3) is 1.86. The molecule has 2 aromatic rings. The number of aromatic nitrogens is 2. The van der Waals surface area contributed by atoms with Gasteiger partial charge in [0.15, 0.2) is 0 Å². The van der Waals surface area contributed by atoms with Crippen LogP contribution in [0.1, 0.15) is 19.8 Å². The van der Waals surface area contributed by atoms with Crippen molar-refractivity contribution >= 4 is 22.5 Å². The maximum atomic E-state index is 12.2. The molecule has 2 heterocycles. The number of H-pyrrole nitrogens is 1. The quantitative estimate of drug-likeness (QED) is 0.752. The van der Waals surface area contributed by atoms with Crippen LogP contribution in [-0.4, -0.2) is 28.2 Å². The standard InChI is InChI=1S/C13H16N4O/c1-13(5-2-6-14-13)12(18)16-10-3-4-11-9(7-10)8-15-17-11/h3-4,7-8,14H,2,5-6H2,1H3,(H,15,17)(H,16,18). The second kappa shape index (κ2) is 4.10. The Kier molecular flexibility index (Phi) is 2.56. The molecule has 18 heavy (non-hydrogen) atoms. The summed E-state index contributed by atoms with van der Waals surface area (Å²) in [5.41, 5.74) is 1.34. The van der Waals surface area contributed by atoms with Crippen molar-refractivity contribution in [1.29, 1.82) is 0 Å². The van der Waals surface area contributed by atoms with Gasteiger partial charge in [0.1, 0.15) is 0 Å². The van der Waals surface area contributed by atoms with Crippen LogP contribution >= 0.6 is 0 Å². The molecule has 3 rings (SSSR count). The largest absolute Gasteiger partial charge is 0.324 e. The molecule has 1 atom stereocenters. The van der Waals surface area contributed by atoms with Gasteiger partial charge in [0.05, 0.1) is 17.3 Å². The highest BCUT2D eigenvalue weighted by atomic mass is 16.2. The number of rotatable bonds is 2. The lowest BCUT2D eigenvalue weighted by Gasteiger charge is -2.23. The third-order valence-corrected chi connectivity index (χ3v) is 3.57. The summed E-state index contributed by atoms with van der Waals surface area (Å²) in [6.45, 7) is 2.86. The molecule has 1 aliphatic rings. The van der Waals surface area contributed by atoms with Gasteiger partial charge in [-0.1, -0.05) is 0 Å². The van der Waals surface area contributed by atoms with Gasteiger partial charge in [-0.05, 0) is 44.5 Å². The Morgan fingerprint density at radius 2 is 2.39 bits per heavy atom. The summed E-state index contributed by atoms with van der Waals surface area (Å²) in [5, 5.41) is 14.1. The Morgan fingerprint density at radius 1 is 1.50 bits per heavy atom. The number of aromatic amines is 1. The van der Waals surface area contributed by atoms with Crippen LogP contribution in [0, 0.1) is 0 Å². The Hall–Kier alpha value is -1.88. The predicted octanol–water partition coefficient (Wildman–Crippen LogP) is 1.64. The minimum Gasteiger partial charge on any atom is -0.324 e. The van der Waals surface area contributed by atoms with Crippen LogP contribution in [0.3, 0.4) is 0 Å². The van der Waals surface area contributed by atoms with E-state index in [1.165, 1.54) is 0 Å². The number of nitrogens with one attached hydrogen (secondary N) is 3. The predicted molar refractivity (Wildman–Crippen MR) is 70.4 cm³/mol. The fraction of sp³-hybridized carbons (Fsp3) is 0.385. The van der Waals surface area contributed by atoms with E-state index in [4.69, 9.17) is 0 Å². The average molecular weight is 244 g/mol. The SMILES string of the molecule is CC1(C(=O)Nc2ccc3[nH]ncc3c2)CCCN1. The molecule has 94 valence electrons. The number of hydrogen-bond acceptors (Lipinski definition) is 3. The summed E-state index contributed by atoms with van der Waals surface area (Å²) in [5.74, 6) is 0.0304. The van der Waals surface area contributed by atoms with E-state index in [1.54, 1.807) is 6.20 Å². The van der Waals surface area contributed by atoms with E-state index >= 15 is 0 Å². The molecule has 1 aromatic heterocycles. The van der Waals surface area contributed by atoms with E-state index in [9.17, 15) is 4.79 Å². The summed E-state index contributed by atoms with van der Waals surface area (Å²) >= 11 is 0. The molecule has 1 fully saturated rings. The van der Waals surface area contributed by atoms with Crippen LogP contribution in [0.25, 0.3) is 10.9 Å². The van der Waals surface area contributed by atoms with Crippen LogP contribution < -0.4 is 10.6 Å². The summed E-state index contributed by atoms with van der Waals surface area (Å²) < 4.78 is 0. The number of amides is 1. The van der Waals surface area contributed by atoms with Crippen molar-refractivity contribution in [1.82, 2.24) is 15.5 Å². The number of fused-ring (bicyclic) bond motifs is 1. The molecule has 3 N–H and O–H groups in total. The smallest absolute Gasteiger partial charge is 0.244 e. The molecule has 0 bridgehead atoms. The van der Waals surface area contributed by atoms with Crippen molar-refractivity contribution in [3.8, 4) is 0 Å². The van der Waals surface area contributed by atoms with E-state index in [-0.39, 0.29) is 5.91 Å². The molecular weight excluding hydrogens is 228 g/mol. The molecule has 1 aromatic carbocycles. The molecule has 0 aliphatic carbocycles. The third-order valence-electron chi connectivity index (χ3n) is 3.57. The number of anilines is 1. The average Bonchev–Trinajstić information content (AvgIpc) is 2.98. The lowest BCUT2D eigenvalue weighted by molar-refractivity contribution is -0.121. The first-order valence-corrected chi connectivity index (χ1v) is 6.17. The van der Waals surface area contributed by atoms with Crippen LogP contribution in [0.4, 0.5) is 5.69 Å². The number of carbonyl (C=O) groups is 1. The minimum atomic E-state index is -0.439. The Bertz CT molecular complexity index is 583. The van der Waals surface area contributed by atoms with E-state index in [1.807, 2.05) is 25.1 Å². The summed E-state index contributed by atoms with van der Waals surface area (Å²) in [4.78, 5) is 12.2. The van der Waals surface area contributed by atoms with Gasteiger partial charge in [-0.15, -0.1) is 0 Å². The molecule has 1 aliphatic heterocycles. The molecule has 0 radical (unpaired) electrons. The van der Waals surface area contributed by atoms with Gasteiger partial charge in [0, 0.05) is 11.1 Å². The Labute approximate surface area is 105 Å². The highest BCUT2D eigenvalue weighted by Crippen LogP contribution is 2.22. The molecule has 5 nitrogen and oxygen atoms in total. The van der Waals surface area contributed by atoms with Crippen LogP contribution in [0.15, 0.2) is 24.4 Å². The first-order chi connectivity index (χ1) is 8.67. The number of hydrogen-bond donors (Lipinski definition) is 3. The van der Waals surface area contributed by atoms with Gasteiger partial charge < -0.3 is 10.6 Å². The Morgan fingerprint density at radius 3 is 3.17 bits per heavy atom. The van der Waals surface area contributed by atoms with Crippen LogP contribution in [0.2, 0.25) is 0 Å². The fourth-order valence-electron chi connectivity index (χ4n) is 2.38. The van der Waals surface area contributed by atoms with Crippen molar-refractivity contribution < 1.29 is 4.79 Å². The Balaban J connectivity index is 1.81. The molecule has 0 spiro atoms. The first-order valence-electron chi connectivity index (χ1n) is 6.17. The van der Waals surface area contributed by atoms with E-state index in [2.05, 4.69) is 20.8 Å². The van der Waals surface area contributed by atoms with Crippen LogP contribution in [-0.2, 0) is 4.79 Å². The molecular formula is C13H16N4O.